The second kappa shape index (κ2) is 6.09. The molecule has 2 N–H and O–H groups in total. The highest BCUT2D eigenvalue weighted by Crippen LogP contribution is 2.36. The zero-order chi connectivity index (χ0) is 13.8. The highest BCUT2D eigenvalue weighted by molar-refractivity contribution is 6.42. The average molecular weight is 294 g/mol. The highest BCUT2D eigenvalue weighted by atomic mass is 35.5. The summed E-state index contributed by atoms with van der Waals surface area (Å²) in [6, 6.07) is 15.1. The van der Waals surface area contributed by atoms with Gasteiger partial charge in [0.05, 0.1) is 10.0 Å². The second-order valence-electron chi connectivity index (χ2n) is 4.28. The summed E-state index contributed by atoms with van der Waals surface area (Å²) in [5.41, 5.74) is 7.15. The monoisotopic (exact) mass is 293 g/mol. The number of carbonyl (C=O) groups is 1. The minimum atomic E-state index is -0.370. The first kappa shape index (κ1) is 13.9. The lowest BCUT2D eigenvalue weighted by Gasteiger charge is -2.18. The van der Waals surface area contributed by atoms with Gasteiger partial charge in [-0.1, -0.05) is 65.7 Å². The van der Waals surface area contributed by atoms with E-state index in [-0.39, 0.29) is 18.2 Å². The van der Waals surface area contributed by atoms with Gasteiger partial charge in [-0.25, -0.2) is 0 Å². The molecular weight excluding hydrogens is 281 g/mol. The van der Waals surface area contributed by atoms with Gasteiger partial charge in [-0.3, -0.25) is 4.79 Å². The van der Waals surface area contributed by atoms with Gasteiger partial charge in [-0.2, -0.15) is 0 Å². The van der Waals surface area contributed by atoms with E-state index in [4.69, 9.17) is 28.9 Å². The predicted octanol–water partition coefficient (Wildman–Crippen LogP) is 4.00. The van der Waals surface area contributed by atoms with E-state index in [1.165, 1.54) is 0 Å². The molecule has 1 unspecified atom stereocenters. The number of hydrogen-bond acceptors (Lipinski definition) is 1. The summed E-state index contributed by atoms with van der Waals surface area (Å²) < 4.78 is 0. The molecule has 2 rings (SSSR count). The van der Waals surface area contributed by atoms with E-state index in [0.717, 1.165) is 11.1 Å². The topological polar surface area (TPSA) is 43.1 Å². The van der Waals surface area contributed by atoms with Crippen molar-refractivity contribution in [2.45, 2.75) is 12.3 Å². The van der Waals surface area contributed by atoms with Crippen LogP contribution in [0.1, 0.15) is 23.5 Å². The molecule has 0 aliphatic carbocycles. The quantitative estimate of drug-likeness (QED) is 0.910. The van der Waals surface area contributed by atoms with Crippen molar-refractivity contribution in [2.24, 2.45) is 5.73 Å². The first-order valence-electron chi connectivity index (χ1n) is 5.86. The summed E-state index contributed by atoms with van der Waals surface area (Å²) in [5, 5.41) is 0.948. The van der Waals surface area contributed by atoms with Crippen LogP contribution in [0.5, 0.6) is 0 Å². The van der Waals surface area contributed by atoms with Crippen LogP contribution in [0.25, 0.3) is 0 Å². The molecule has 0 radical (unpaired) electrons. The molecular formula is C15H13Cl2NO. The number of nitrogens with two attached hydrogens (primary N) is 1. The van der Waals surface area contributed by atoms with E-state index in [0.29, 0.717) is 10.0 Å². The number of hydrogen-bond donors (Lipinski definition) is 1. The van der Waals surface area contributed by atoms with Crippen molar-refractivity contribution in [3.8, 4) is 0 Å². The van der Waals surface area contributed by atoms with Gasteiger partial charge in [0.25, 0.3) is 0 Å². The zero-order valence-corrected chi connectivity index (χ0v) is 11.7. The molecule has 2 aromatic carbocycles. The summed E-state index contributed by atoms with van der Waals surface area (Å²) in [6.45, 7) is 0. The number of primary amides is 1. The SMILES string of the molecule is NC(=O)CC(c1ccccc1)c1cccc(Cl)c1Cl. The van der Waals surface area contributed by atoms with E-state index in [9.17, 15) is 4.79 Å². The molecule has 0 fully saturated rings. The molecule has 0 spiro atoms. The zero-order valence-electron chi connectivity index (χ0n) is 10.1. The lowest BCUT2D eigenvalue weighted by Crippen LogP contribution is -2.16. The first-order chi connectivity index (χ1) is 9.09. The maximum Gasteiger partial charge on any atom is 0.218 e. The summed E-state index contributed by atoms with van der Waals surface area (Å²) in [5.74, 6) is -0.546. The van der Waals surface area contributed by atoms with Gasteiger partial charge in [0.1, 0.15) is 0 Å². The van der Waals surface area contributed by atoms with Crippen molar-refractivity contribution in [2.75, 3.05) is 0 Å². The standard InChI is InChI=1S/C15H13Cl2NO/c16-13-8-4-7-11(15(13)17)12(9-14(18)19)10-5-2-1-3-6-10/h1-8,12H,9H2,(H2,18,19). The second-order valence-corrected chi connectivity index (χ2v) is 5.06. The Balaban J connectivity index is 2.49. The Morgan fingerprint density at radius 3 is 2.37 bits per heavy atom. The minimum Gasteiger partial charge on any atom is -0.370 e. The Hall–Kier alpha value is -1.51. The highest BCUT2D eigenvalue weighted by Gasteiger charge is 2.20. The van der Waals surface area contributed by atoms with Crippen molar-refractivity contribution in [3.05, 3.63) is 69.7 Å². The van der Waals surface area contributed by atoms with Crippen LogP contribution in [0.15, 0.2) is 48.5 Å². The summed E-state index contributed by atoms with van der Waals surface area (Å²) in [7, 11) is 0. The number of carbonyl (C=O) groups excluding carboxylic acids is 1. The number of benzene rings is 2. The third-order valence-corrected chi connectivity index (χ3v) is 3.80. The molecule has 0 aliphatic rings. The number of rotatable bonds is 4. The molecule has 4 heteroatoms. The Bertz CT molecular complexity index is 584. The van der Waals surface area contributed by atoms with Crippen LogP contribution in [0.2, 0.25) is 10.0 Å². The van der Waals surface area contributed by atoms with Crippen molar-refractivity contribution < 1.29 is 4.79 Å². The normalized spacial score (nSPS) is 12.1. The van der Waals surface area contributed by atoms with Gasteiger partial charge in [0.15, 0.2) is 0 Å². The average Bonchev–Trinajstić information content (AvgIpc) is 2.40. The van der Waals surface area contributed by atoms with Crippen LogP contribution >= 0.6 is 23.2 Å². The lowest BCUT2D eigenvalue weighted by atomic mass is 9.88. The van der Waals surface area contributed by atoms with Crippen LogP contribution in [-0.4, -0.2) is 5.91 Å². The molecule has 0 aromatic heterocycles. The Labute approximate surface area is 122 Å². The third-order valence-electron chi connectivity index (χ3n) is 2.96. The molecule has 0 saturated heterocycles. The van der Waals surface area contributed by atoms with E-state index in [2.05, 4.69) is 0 Å². The first-order valence-corrected chi connectivity index (χ1v) is 6.62. The van der Waals surface area contributed by atoms with E-state index < -0.39 is 0 Å². The predicted molar refractivity (Wildman–Crippen MR) is 78.6 cm³/mol. The lowest BCUT2D eigenvalue weighted by molar-refractivity contribution is -0.118. The maximum atomic E-state index is 11.3. The van der Waals surface area contributed by atoms with Crippen LogP contribution in [-0.2, 0) is 4.79 Å². The van der Waals surface area contributed by atoms with E-state index in [1.54, 1.807) is 6.07 Å². The van der Waals surface area contributed by atoms with Gasteiger partial charge in [-0.15, -0.1) is 0 Å². The van der Waals surface area contributed by atoms with Crippen molar-refractivity contribution in [1.82, 2.24) is 0 Å². The molecule has 0 bridgehead atoms. The summed E-state index contributed by atoms with van der Waals surface area (Å²) in [4.78, 5) is 11.3. The number of amides is 1. The van der Waals surface area contributed by atoms with Crippen LogP contribution < -0.4 is 5.73 Å². The summed E-state index contributed by atoms with van der Waals surface area (Å²) in [6.07, 6.45) is 0.198. The Morgan fingerprint density at radius 2 is 1.74 bits per heavy atom. The summed E-state index contributed by atoms with van der Waals surface area (Å²) >= 11 is 12.3. The smallest absolute Gasteiger partial charge is 0.218 e. The fourth-order valence-electron chi connectivity index (χ4n) is 2.08. The van der Waals surface area contributed by atoms with Crippen molar-refractivity contribution in [1.29, 1.82) is 0 Å². The van der Waals surface area contributed by atoms with E-state index in [1.807, 2.05) is 42.5 Å². The minimum absolute atomic E-state index is 0.176. The fourth-order valence-corrected chi connectivity index (χ4v) is 2.52. The van der Waals surface area contributed by atoms with Crippen LogP contribution in [0, 0.1) is 0 Å². The maximum absolute atomic E-state index is 11.3. The molecule has 0 heterocycles. The van der Waals surface area contributed by atoms with Gasteiger partial charge in [0, 0.05) is 12.3 Å². The fraction of sp³-hybridized carbons (Fsp3) is 0.133. The van der Waals surface area contributed by atoms with E-state index >= 15 is 0 Å². The van der Waals surface area contributed by atoms with Crippen molar-refractivity contribution in [3.63, 3.8) is 0 Å². The molecule has 1 amide bonds. The third kappa shape index (κ3) is 3.28. The molecule has 0 aliphatic heterocycles. The molecule has 2 aromatic rings. The Kier molecular flexibility index (Phi) is 4.46. The van der Waals surface area contributed by atoms with Gasteiger partial charge >= 0.3 is 0 Å². The van der Waals surface area contributed by atoms with Crippen LogP contribution in [0.4, 0.5) is 0 Å². The molecule has 98 valence electrons. The van der Waals surface area contributed by atoms with Crippen LogP contribution in [0.3, 0.4) is 0 Å². The van der Waals surface area contributed by atoms with Gasteiger partial charge in [0.2, 0.25) is 5.91 Å². The molecule has 1 atom stereocenters. The Morgan fingerprint density at radius 1 is 1.05 bits per heavy atom. The van der Waals surface area contributed by atoms with Crippen molar-refractivity contribution >= 4 is 29.1 Å². The molecule has 2 nitrogen and oxygen atoms in total. The van der Waals surface area contributed by atoms with Gasteiger partial charge < -0.3 is 5.73 Å². The number of halogens is 2. The molecule has 19 heavy (non-hydrogen) atoms. The van der Waals surface area contributed by atoms with Gasteiger partial charge in [-0.05, 0) is 17.2 Å². The largest absolute Gasteiger partial charge is 0.370 e. The molecule has 0 saturated carbocycles.